The van der Waals surface area contributed by atoms with Crippen molar-refractivity contribution < 1.29 is 13.2 Å². The fourth-order valence-corrected chi connectivity index (χ4v) is 5.22. The normalized spacial score (nSPS) is 12.6. The van der Waals surface area contributed by atoms with Crippen molar-refractivity contribution in [2.24, 2.45) is 5.14 Å². The van der Waals surface area contributed by atoms with Gasteiger partial charge in [0.15, 0.2) is 5.16 Å². The smallest absolute Gasteiger partial charge is 0.242 e. The minimum absolute atomic E-state index is 0.00373. The number of benzene rings is 3. The van der Waals surface area contributed by atoms with Gasteiger partial charge in [0.25, 0.3) is 0 Å². The molecule has 7 nitrogen and oxygen atoms in total. The fourth-order valence-electron chi connectivity index (χ4n) is 3.51. The van der Waals surface area contributed by atoms with Gasteiger partial charge in [-0.2, -0.15) is 0 Å². The maximum Gasteiger partial charge on any atom is 0.242 e. The van der Waals surface area contributed by atoms with Crippen LogP contribution in [-0.2, 0) is 21.4 Å². The fraction of sp³-hybridized carbons (Fsp3) is 0.167. The summed E-state index contributed by atoms with van der Waals surface area (Å²) in [5.74, 6) is -0.171. The summed E-state index contributed by atoms with van der Waals surface area (Å²) in [4.78, 5) is 18.0. The number of fused-ring (bicyclic) bond motifs is 1. The lowest BCUT2D eigenvalue weighted by atomic mass is 10.1. The van der Waals surface area contributed by atoms with Crippen LogP contribution >= 0.6 is 11.8 Å². The number of sulfonamides is 1. The molecule has 0 unspecified atom stereocenters. The maximum atomic E-state index is 13.3. The van der Waals surface area contributed by atoms with Gasteiger partial charge in [0.05, 0.1) is 15.9 Å². The summed E-state index contributed by atoms with van der Waals surface area (Å²) in [5, 5.41) is 8.33. The van der Waals surface area contributed by atoms with Crippen LogP contribution < -0.4 is 10.5 Å². The molecule has 0 radical (unpaired) electrons. The average molecular weight is 481 g/mol. The Kier molecular flexibility index (Phi) is 6.55. The van der Waals surface area contributed by atoms with E-state index < -0.39 is 15.3 Å². The number of rotatable bonds is 7. The number of carbonyl (C=O) groups excluding carboxylic acids is 1. The van der Waals surface area contributed by atoms with Crippen molar-refractivity contribution in [1.29, 1.82) is 0 Å². The molecular formula is C24H24N4O3S2. The molecule has 1 atom stereocenters. The molecule has 0 aliphatic carbocycles. The Morgan fingerprint density at radius 3 is 2.42 bits per heavy atom. The van der Waals surface area contributed by atoms with Gasteiger partial charge in [0.2, 0.25) is 15.9 Å². The van der Waals surface area contributed by atoms with Crippen molar-refractivity contribution in [2.45, 2.75) is 35.7 Å². The highest BCUT2D eigenvalue weighted by molar-refractivity contribution is 8.00. The molecule has 3 aromatic carbocycles. The van der Waals surface area contributed by atoms with Crippen LogP contribution in [0.3, 0.4) is 0 Å². The minimum Gasteiger partial charge on any atom is -0.325 e. The van der Waals surface area contributed by atoms with E-state index in [1.165, 1.54) is 23.9 Å². The number of nitrogens with one attached hydrogen (secondary N) is 1. The molecule has 0 fully saturated rings. The van der Waals surface area contributed by atoms with Crippen molar-refractivity contribution >= 4 is 44.4 Å². The Bertz CT molecular complexity index is 1400. The highest BCUT2D eigenvalue weighted by Gasteiger charge is 2.25. The van der Waals surface area contributed by atoms with Gasteiger partial charge in [-0.25, -0.2) is 18.5 Å². The molecule has 0 saturated carbocycles. The van der Waals surface area contributed by atoms with Gasteiger partial charge in [0.1, 0.15) is 5.25 Å². The summed E-state index contributed by atoms with van der Waals surface area (Å²) in [6, 6.07) is 21.8. The molecule has 0 bridgehead atoms. The SMILES string of the molecule is CCn1c(S[C@@H](C(=O)Nc2ccc(C)cc2)c2ccccc2)nc2cc(S(N)(=O)=O)ccc21. The second kappa shape index (κ2) is 9.38. The number of thioether (sulfide) groups is 1. The Hall–Kier alpha value is -3.14. The van der Waals surface area contributed by atoms with Crippen molar-refractivity contribution in [3.63, 3.8) is 0 Å². The average Bonchev–Trinajstić information content (AvgIpc) is 3.15. The molecule has 9 heteroatoms. The summed E-state index contributed by atoms with van der Waals surface area (Å²) in [6.45, 7) is 4.57. The number of nitrogens with two attached hydrogens (primary N) is 1. The lowest BCUT2D eigenvalue weighted by Gasteiger charge is -2.17. The Balaban J connectivity index is 1.72. The molecule has 3 N–H and O–H groups in total. The number of anilines is 1. The van der Waals surface area contributed by atoms with Gasteiger partial charge < -0.3 is 9.88 Å². The lowest BCUT2D eigenvalue weighted by molar-refractivity contribution is -0.115. The molecule has 1 heterocycles. The van der Waals surface area contributed by atoms with Crippen molar-refractivity contribution in [1.82, 2.24) is 9.55 Å². The van der Waals surface area contributed by atoms with E-state index in [1.54, 1.807) is 6.07 Å². The van der Waals surface area contributed by atoms with Crippen LogP contribution in [0, 0.1) is 6.92 Å². The van der Waals surface area contributed by atoms with Gasteiger partial charge >= 0.3 is 0 Å². The number of amides is 1. The number of carbonyl (C=O) groups is 1. The topological polar surface area (TPSA) is 107 Å². The van der Waals surface area contributed by atoms with Gasteiger partial charge in [-0.1, -0.05) is 59.8 Å². The summed E-state index contributed by atoms with van der Waals surface area (Å²) in [5.41, 5.74) is 3.95. The summed E-state index contributed by atoms with van der Waals surface area (Å²) < 4.78 is 25.5. The number of hydrogen-bond donors (Lipinski definition) is 2. The van der Waals surface area contributed by atoms with Crippen LogP contribution in [0.1, 0.15) is 23.3 Å². The monoisotopic (exact) mass is 480 g/mol. The van der Waals surface area contributed by atoms with Crippen molar-refractivity contribution in [2.75, 3.05) is 5.32 Å². The zero-order valence-corrected chi connectivity index (χ0v) is 19.9. The van der Waals surface area contributed by atoms with E-state index >= 15 is 0 Å². The lowest BCUT2D eigenvalue weighted by Crippen LogP contribution is -2.19. The van der Waals surface area contributed by atoms with E-state index in [2.05, 4.69) is 10.3 Å². The van der Waals surface area contributed by atoms with Crippen LogP contribution in [-0.4, -0.2) is 23.9 Å². The Labute approximate surface area is 197 Å². The van der Waals surface area contributed by atoms with Gasteiger partial charge in [-0.05, 0) is 49.7 Å². The summed E-state index contributed by atoms with van der Waals surface area (Å²) >= 11 is 1.32. The van der Waals surface area contributed by atoms with E-state index in [4.69, 9.17) is 5.14 Å². The predicted molar refractivity (Wildman–Crippen MR) is 132 cm³/mol. The zero-order chi connectivity index (χ0) is 23.6. The second-order valence-electron chi connectivity index (χ2n) is 7.60. The van der Waals surface area contributed by atoms with Crippen LogP contribution in [0.5, 0.6) is 0 Å². The quantitative estimate of drug-likeness (QED) is 0.379. The third-order valence-corrected chi connectivity index (χ3v) is 7.37. The first-order valence-corrected chi connectivity index (χ1v) is 12.8. The molecule has 33 heavy (non-hydrogen) atoms. The van der Waals surface area contributed by atoms with Crippen LogP contribution in [0.4, 0.5) is 5.69 Å². The standard InChI is InChI=1S/C24H24N4O3S2/c1-3-28-21-14-13-19(33(25,30)31)15-20(21)27-24(28)32-22(17-7-5-4-6-8-17)23(29)26-18-11-9-16(2)10-12-18/h4-15,22H,3H2,1-2H3,(H,26,29)(H2,25,30,31)/t22-/m1/s1. The molecule has 4 rings (SSSR count). The first-order valence-electron chi connectivity index (χ1n) is 10.4. The van der Waals surface area contributed by atoms with Gasteiger partial charge in [-0.3, -0.25) is 4.79 Å². The van der Waals surface area contributed by atoms with Gasteiger partial charge in [-0.15, -0.1) is 0 Å². The van der Waals surface area contributed by atoms with E-state index in [1.807, 2.05) is 73.0 Å². The zero-order valence-electron chi connectivity index (χ0n) is 18.2. The largest absolute Gasteiger partial charge is 0.325 e. The van der Waals surface area contributed by atoms with Crippen molar-refractivity contribution in [3.05, 3.63) is 83.9 Å². The maximum absolute atomic E-state index is 13.3. The molecule has 170 valence electrons. The van der Waals surface area contributed by atoms with Crippen molar-refractivity contribution in [3.8, 4) is 0 Å². The molecule has 0 aliphatic heterocycles. The third kappa shape index (κ3) is 5.11. The first-order chi connectivity index (χ1) is 15.8. The van der Waals surface area contributed by atoms with Crippen LogP contribution in [0.2, 0.25) is 0 Å². The molecular weight excluding hydrogens is 456 g/mol. The molecule has 0 aliphatic rings. The van der Waals surface area contributed by atoms with Gasteiger partial charge in [0, 0.05) is 12.2 Å². The molecule has 1 amide bonds. The Morgan fingerprint density at radius 1 is 1.09 bits per heavy atom. The Morgan fingerprint density at radius 2 is 1.79 bits per heavy atom. The van der Waals surface area contributed by atoms with Crippen LogP contribution in [0.15, 0.2) is 82.8 Å². The number of aromatic nitrogens is 2. The molecule has 4 aromatic rings. The van der Waals surface area contributed by atoms with Crippen LogP contribution in [0.25, 0.3) is 11.0 Å². The minimum atomic E-state index is -3.84. The summed E-state index contributed by atoms with van der Waals surface area (Å²) in [7, 11) is -3.84. The van der Waals surface area contributed by atoms with E-state index in [0.29, 0.717) is 22.9 Å². The number of imidazole rings is 1. The van der Waals surface area contributed by atoms with E-state index in [9.17, 15) is 13.2 Å². The first kappa shape index (κ1) is 23.0. The second-order valence-corrected chi connectivity index (χ2v) is 10.2. The van der Waals surface area contributed by atoms with E-state index in [-0.39, 0.29) is 10.8 Å². The predicted octanol–water partition coefficient (Wildman–Crippen LogP) is 4.48. The van der Waals surface area contributed by atoms with E-state index in [0.717, 1.165) is 16.6 Å². The number of nitrogens with zero attached hydrogens (tertiary/aromatic N) is 2. The highest BCUT2D eigenvalue weighted by atomic mass is 32.2. The highest BCUT2D eigenvalue weighted by Crippen LogP contribution is 2.37. The number of primary sulfonamides is 1. The third-order valence-electron chi connectivity index (χ3n) is 5.21. The number of aryl methyl sites for hydroxylation is 2. The molecule has 0 saturated heterocycles. The number of hydrogen-bond acceptors (Lipinski definition) is 5. The molecule has 1 aromatic heterocycles. The molecule has 0 spiro atoms. The summed E-state index contributed by atoms with van der Waals surface area (Å²) in [6.07, 6.45) is 0.